The second kappa shape index (κ2) is 8.80. The van der Waals surface area contributed by atoms with Crippen LogP contribution in [0.3, 0.4) is 0 Å². The number of ether oxygens (including phenoxy) is 3. The largest absolute Gasteiger partial charge is 0.463 e. The van der Waals surface area contributed by atoms with Crippen molar-refractivity contribution in [1.29, 1.82) is 0 Å². The normalized spacial score (nSPS) is 23.9. The van der Waals surface area contributed by atoms with Gasteiger partial charge in [0.15, 0.2) is 18.1 Å². The van der Waals surface area contributed by atoms with Crippen LogP contribution in [-0.4, -0.2) is 57.4 Å². The summed E-state index contributed by atoms with van der Waals surface area (Å²) in [6, 6.07) is 0. The smallest absolute Gasteiger partial charge is 0.351 e. The molecule has 1 aromatic heterocycles. The van der Waals surface area contributed by atoms with Crippen molar-refractivity contribution in [1.82, 2.24) is 9.55 Å². The van der Waals surface area contributed by atoms with Gasteiger partial charge in [-0.05, 0) is 0 Å². The number of amides is 1. The van der Waals surface area contributed by atoms with E-state index in [2.05, 4.69) is 10.3 Å². The van der Waals surface area contributed by atoms with Crippen LogP contribution in [0.1, 0.15) is 33.4 Å². The predicted molar refractivity (Wildman–Crippen MR) is 93.9 cm³/mol. The first-order valence-corrected chi connectivity index (χ1v) is 8.46. The minimum atomic E-state index is -1.47. The maximum atomic E-state index is 12.2. The van der Waals surface area contributed by atoms with Crippen molar-refractivity contribution in [2.75, 3.05) is 17.7 Å². The molecule has 0 aromatic carbocycles. The molecule has 4 atom stereocenters. The molecule has 2 heterocycles. The van der Waals surface area contributed by atoms with Crippen LogP contribution in [0.5, 0.6) is 0 Å². The minimum absolute atomic E-state index is 0.0350. The number of carbonyl (C=O) groups is 3. The monoisotopic (exact) mass is 398 g/mol. The van der Waals surface area contributed by atoms with Crippen LogP contribution in [0.4, 0.5) is 11.5 Å². The van der Waals surface area contributed by atoms with Gasteiger partial charge in [0.25, 0.3) is 0 Å². The SMILES string of the molecule is CCC(=O)OC[C@H]1O[C@@H](n2cc(NC(C)=O)c(N)nc2=O)[C@@H](O)[C@@H]1OC(C)=O. The Labute approximate surface area is 159 Å². The summed E-state index contributed by atoms with van der Waals surface area (Å²) in [6.07, 6.45) is -3.72. The van der Waals surface area contributed by atoms with Crippen LogP contribution in [0, 0.1) is 0 Å². The molecule has 0 bridgehead atoms. The summed E-state index contributed by atoms with van der Waals surface area (Å²) in [7, 11) is 0. The number of rotatable bonds is 6. The highest BCUT2D eigenvalue weighted by atomic mass is 16.6. The summed E-state index contributed by atoms with van der Waals surface area (Å²) >= 11 is 0. The lowest BCUT2D eigenvalue weighted by molar-refractivity contribution is -0.158. The molecule has 0 saturated carbocycles. The van der Waals surface area contributed by atoms with Gasteiger partial charge in [0.1, 0.15) is 24.5 Å². The van der Waals surface area contributed by atoms with Crippen molar-refractivity contribution in [3.8, 4) is 0 Å². The molecule has 1 saturated heterocycles. The molecule has 154 valence electrons. The lowest BCUT2D eigenvalue weighted by atomic mass is 10.1. The fourth-order valence-corrected chi connectivity index (χ4v) is 2.65. The zero-order valence-electron chi connectivity index (χ0n) is 15.6. The third-order valence-electron chi connectivity index (χ3n) is 3.87. The maximum absolute atomic E-state index is 12.2. The number of esters is 2. The number of aliphatic hydroxyl groups is 1. The number of nitrogen functional groups attached to an aromatic ring is 1. The number of aromatic nitrogens is 2. The van der Waals surface area contributed by atoms with Crippen molar-refractivity contribution in [3.05, 3.63) is 16.7 Å². The molecule has 1 aromatic rings. The van der Waals surface area contributed by atoms with Crippen molar-refractivity contribution in [2.45, 2.75) is 51.7 Å². The Morgan fingerprint density at radius 3 is 2.64 bits per heavy atom. The Morgan fingerprint density at radius 1 is 1.39 bits per heavy atom. The van der Waals surface area contributed by atoms with Gasteiger partial charge in [-0.1, -0.05) is 6.92 Å². The second-order valence-corrected chi connectivity index (χ2v) is 6.08. The maximum Gasteiger partial charge on any atom is 0.351 e. The molecule has 0 spiro atoms. The summed E-state index contributed by atoms with van der Waals surface area (Å²) in [4.78, 5) is 49.9. The van der Waals surface area contributed by atoms with Gasteiger partial charge < -0.3 is 30.4 Å². The number of nitrogens with zero attached hydrogens (tertiary/aromatic N) is 2. The number of carbonyl (C=O) groups excluding carboxylic acids is 3. The topological polar surface area (TPSA) is 172 Å². The van der Waals surface area contributed by atoms with Crippen molar-refractivity contribution < 1.29 is 33.7 Å². The molecule has 4 N–H and O–H groups in total. The molecular weight excluding hydrogens is 376 g/mol. The number of nitrogens with one attached hydrogen (secondary N) is 1. The van der Waals surface area contributed by atoms with Gasteiger partial charge in [0.2, 0.25) is 5.91 Å². The predicted octanol–water partition coefficient (Wildman–Crippen LogP) is -1.07. The zero-order valence-corrected chi connectivity index (χ0v) is 15.6. The van der Waals surface area contributed by atoms with E-state index >= 15 is 0 Å². The van der Waals surface area contributed by atoms with Gasteiger partial charge in [0, 0.05) is 26.5 Å². The Hall–Kier alpha value is -2.99. The highest BCUT2D eigenvalue weighted by Gasteiger charge is 2.48. The fraction of sp³-hybridized carbons (Fsp3) is 0.562. The molecule has 12 heteroatoms. The Kier molecular flexibility index (Phi) is 6.70. The highest BCUT2D eigenvalue weighted by Crippen LogP contribution is 2.32. The van der Waals surface area contributed by atoms with Gasteiger partial charge >= 0.3 is 17.6 Å². The van der Waals surface area contributed by atoms with E-state index in [1.807, 2.05) is 0 Å². The minimum Gasteiger partial charge on any atom is -0.463 e. The number of aliphatic hydroxyl groups excluding tert-OH is 1. The quantitative estimate of drug-likeness (QED) is 0.501. The van der Waals surface area contributed by atoms with Crippen LogP contribution in [-0.2, 0) is 28.6 Å². The molecule has 1 aliphatic rings. The Bertz CT molecular complexity index is 823. The average Bonchev–Trinajstić information content (AvgIpc) is 2.90. The molecule has 2 rings (SSSR count). The Morgan fingerprint density at radius 2 is 2.07 bits per heavy atom. The van der Waals surface area contributed by atoms with Crippen molar-refractivity contribution in [2.24, 2.45) is 0 Å². The van der Waals surface area contributed by atoms with Crippen LogP contribution in [0.15, 0.2) is 11.0 Å². The van der Waals surface area contributed by atoms with E-state index < -0.39 is 48.1 Å². The van der Waals surface area contributed by atoms with E-state index in [4.69, 9.17) is 19.9 Å². The molecule has 1 amide bonds. The summed E-state index contributed by atoms with van der Waals surface area (Å²) in [5, 5.41) is 13.0. The van der Waals surface area contributed by atoms with Gasteiger partial charge in [-0.15, -0.1) is 0 Å². The van der Waals surface area contributed by atoms with Gasteiger partial charge in [0.05, 0.1) is 0 Å². The molecule has 28 heavy (non-hydrogen) atoms. The van der Waals surface area contributed by atoms with Gasteiger partial charge in [-0.25, -0.2) is 4.79 Å². The fourth-order valence-electron chi connectivity index (χ4n) is 2.65. The first kappa shape index (κ1) is 21.3. The van der Waals surface area contributed by atoms with Crippen molar-refractivity contribution >= 4 is 29.4 Å². The molecule has 0 unspecified atom stereocenters. The molecule has 0 aliphatic carbocycles. The van der Waals surface area contributed by atoms with E-state index in [9.17, 15) is 24.3 Å². The van der Waals surface area contributed by atoms with E-state index in [0.717, 1.165) is 17.7 Å². The van der Waals surface area contributed by atoms with Crippen LogP contribution >= 0.6 is 0 Å². The number of nitrogens with two attached hydrogens (primary N) is 1. The number of hydrogen-bond acceptors (Lipinski definition) is 10. The van der Waals surface area contributed by atoms with Crippen LogP contribution in [0.25, 0.3) is 0 Å². The lowest BCUT2D eigenvalue weighted by Crippen LogP contribution is -2.39. The molecule has 12 nitrogen and oxygen atoms in total. The third kappa shape index (κ3) is 4.84. The standard InChI is InChI=1S/C16H22N4O8/c1-4-11(23)26-6-10-13(27-8(3)22)12(24)15(28-10)20-5-9(18-7(2)21)14(17)19-16(20)25/h5,10,12-13,15,24H,4,6H2,1-3H3,(H,18,21)(H2,17,19,25)/t10-,12+,13-,15-/m1/s1. The van der Waals surface area contributed by atoms with Gasteiger partial charge in [-0.3, -0.25) is 19.0 Å². The highest BCUT2D eigenvalue weighted by molar-refractivity contribution is 5.91. The summed E-state index contributed by atoms with van der Waals surface area (Å²) in [5.41, 5.74) is 4.80. The van der Waals surface area contributed by atoms with Crippen LogP contribution in [0.2, 0.25) is 0 Å². The van der Waals surface area contributed by atoms with E-state index in [1.165, 1.54) is 6.92 Å². The van der Waals surface area contributed by atoms with E-state index in [-0.39, 0.29) is 24.5 Å². The Balaban J connectivity index is 2.34. The second-order valence-electron chi connectivity index (χ2n) is 6.08. The third-order valence-corrected chi connectivity index (χ3v) is 3.87. The van der Waals surface area contributed by atoms with E-state index in [1.54, 1.807) is 6.92 Å². The molecule has 1 fully saturated rings. The first-order valence-electron chi connectivity index (χ1n) is 8.46. The molecular formula is C16H22N4O8. The first-order chi connectivity index (χ1) is 13.1. The average molecular weight is 398 g/mol. The molecule has 1 aliphatic heterocycles. The summed E-state index contributed by atoms with van der Waals surface area (Å²) in [5.74, 6) is -1.87. The zero-order chi connectivity index (χ0) is 21.0. The van der Waals surface area contributed by atoms with Crippen LogP contribution < -0.4 is 16.7 Å². The van der Waals surface area contributed by atoms with E-state index in [0.29, 0.717) is 0 Å². The summed E-state index contributed by atoms with van der Waals surface area (Å²) < 4.78 is 16.6. The number of hydrogen-bond donors (Lipinski definition) is 3. The van der Waals surface area contributed by atoms with Gasteiger partial charge in [-0.2, -0.15) is 4.98 Å². The van der Waals surface area contributed by atoms with Crippen molar-refractivity contribution in [3.63, 3.8) is 0 Å². The summed E-state index contributed by atoms with van der Waals surface area (Å²) in [6.45, 7) is 3.68. The lowest BCUT2D eigenvalue weighted by Gasteiger charge is -2.20. The number of anilines is 2. The molecule has 0 radical (unpaired) electrons.